The van der Waals surface area contributed by atoms with Crippen LogP contribution in [0.15, 0.2) is 52.1 Å². The second-order valence-corrected chi connectivity index (χ2v) is 6.67. The maximum atomic E-state index is 5.99. The minimum absolute atomic E-state index is 0.0603. The minimum Gasteiger partial charge on any atom is -0.493 e. The topological polar surface area (TPSA) is 71.3 Å². The highest BCUT2D eigenvalue weighted by molar-refractivity contribution is 5.79. The number of aliphatic imine (C=N–C) groups is 1. The first kappa shape index (κ1) is 21.6. The lowest BCUT2D eigenvalue weighted by Gasteiger charge is -2.22. The highest BCUT2D eigenvalue weighted by Gasteiger charge is 2.17. The fourth-order valence-electron chi connectivity index (χ4n) is 2.72. The first-order chi connectivity index (χ1) is 13.5. The third-order valence-corrected chi connectivity index (χ3v) is 4.22. The number of nitrogens with zero attached hydrogens (tertiary/aromatic N) is 2. The Balaban J connectivity index is 1.94. The predicted octanol–water partition coefficient (Wildman–Crippen LogP) is 2.91. The number of ether oxygens (including phenoxy) is 2. The Kier molecular flexibility index (Phi) is 8.68. The molecule has 0 aliphatic rings. The summed E-state index contributed by atoms with van der Waals surface area (Å²) in [5.41, 5.74) is 0. The Morgan fingerprint density at radius 2 is 1.89 bits per heavy atom. The van der Waals surface area contributed by atoms with Gasteiger partial charge in [-0.2, -0.15) is 0 Å². The monoisotopic (exact) mass is 388 g/mol. The molecule has 0 amide bonds. The maximum absolute atomic E-state index is 5.99. The lowest BCUT2D eigenvalue weighted by atomic mass is 10.2. The van der Waals surface area contributed by atoms with Crippen molar-refractivity contribution in [2.45, 2.75) is 26.0 Å². The van der Waals surface area contributed by atoms with E-state index in [9.17, 15) is 0 Å². The molecule has 154 valence electrons. The van der Waals surface area contributed by atoms with Gasteiger partial charge in [-0.15, -0.1) is 0 Å². The third-order valence-electron chi connectivity index (χ3n) is 4.22. The summed E-state index contributed by atoms with van der Waals surface area (Å²) < 4.78 is 16.9. The van der Waals surface area contributed by atoms with E-state index in [0.29, 0.717) is 13.1 Å². The fourth-order valence-corrected chi connectivity index (χ4v) is 2.72. The van der Waals surface area contributed by atoms with Crippen molar-refractivity contribution in [1.29, 1.82) is 0 Å². The van der Waals surface area contributed by atoms with Crippen LogP contribution in [0.25, 0.3) is 0 Å². The zero-order valence-electron chi connectivity index (χ0n) is 17.4. The molecule has 2 aromatic rings. The molecule has 0 saturated heterocycles. The van der Waals surface area contributed by atoms with Crippen LogP contribution in [0.2, 0.25) is 0 Å². The summed E-state index contributed by atoms with van der Waals surface area (Å²) in [4.78, 5) is 6.81. The summed E-state index contributed by atoms with van der Waals surface area (Å²) in [6.07, 6.45) is 1.63. The summed E-state index contributed by atoms with van der Waals surface area (Å²) in [5, 5.41) is 6.62. The number of rotatable bonds is 10. The molecule has 0 saturated carbocycles. The van der Waals surface area contributed by atoms with Crippen molar-refractivity contribution >= 4 is 5.96 Å². The van der Waals surface area contributed by atoms with Gasteiger partial charge in [0.1, 0.15) is 11.9 Å². The van der Waals surface area contributed by atoms with Gasteiger partial charge in [0.2, 0.25) is 0 Å². The van der Waals surface area contributed by atoms with E-state index in [0.717, 1.165) is 29.8 Å². The summed E-state index contributed by atoms with van der Waals surface area (Å²) in [7, 11) is 5.68. The molecular weight excluding hydrogens is 356 g/mol. The molecule has 7 heteroatoms. The van der Waals surface area contributed by atoms with Gasteiger partial charge >= 0.3 is 0 Å². The van der Waals surface area contributed by atoms with Crippen LogP contribution >= 0.6 is 0 Å². The first-order valence-electron chi connectivity index (χ1n) is 9.56. The van der Waals surface area contributed by atoms with Crippen LogP contribution in [0.1, 0.15) is 25.6 Å². The molecule has 0 aliphatic heterocycles. The summed E-state index contributed by atoms with van der Waals surface area (Å²) in [5.74, 6) is 3.10. The number of para-hydroxylation sites is 2. The Morgan fingerprint density at radius 1 is 1.14 bits per heavy atom. The average molecular weight is 389 g/mol. The molecule has 0 aliphatic carbocycles. The molecule has 1 aromatic heterocycles. The first-order valence-corrected chi connectivity index (χ1v) is 9.56. The molecule has 0 radical (unpaired) electrons. The van der Waals surface area contributed by atoms with Gasteiger partial charge in [-0.25, -0.2) is 0 Å². The molecule has 1 heterocycles. The van der Waals surface area contributed by atoms with Crippen molar-refractivity contribution in [3.63, 3.8) is 0 Å². The van der Waals surface area contributed by atoms with Crippen molar-refractivity contribution in [2.24, 2.45) is 4.99 Å². The van der Waals surface area contributed by atoms with Gasteiger partial charge in [0.05, 0.1) is 32.5 Å². The average Bonchev–Trinajstić information content (AvgIpc) is 3.20. The molecular formula is C21H32N4O3. The number of benzene rings is 1. The van der Waals surface area contributed by atoms with E-state index in [1.807, 2.05) is 64.3 Å². The molecule has 28 heavy (non-hydrogen) atoms. The predicted molar refractivity (Wildman–Crippen MR) is 112 cm³/mol. The van der Waals surface area contributed by atoms with Crippen molar-refractivity contribution in [1.82, 2.24) is 15.5 Å². The molecule has 0 spiro atoms. The molecule has 0 bridgehead atoms. The van der Waals surface area contributed by atoms with Gasteiger partial charge in [-0.3, -0.25) is 9.89 Å². The van der Waals surface area contributed by atoms with E-state index in [1.54, 1.807) is 13.4 Å². The molecule has 0 fully saturated rings. The van der Waals surface area contributed by atoms with Gasteiger partial charge in [0.15, 0.2) is 17.5 Å². The largest absolute Gasteiger partial charge is 0.493 e. The van der Waals surface area contributed by atoms with Crippen molar-refractivity contribution in [2.75, 3.05) is 40.8 Å². The van der Waals surface area contributed by atoms with Crippen LogP contribution < -0.4 is 20.1 Å². The van der Waals surface area contributed by atoms with Gasteiger partial charge in [-0.05, 0) is 52.2 Å². The van der Waals surface area contributed by atoms with Crippen LogP contribution in [-0.2, 0) is 0 Å². The highest BCUT2D eigenvalue weighted by Crippen LogP contribution is 2.26. The van der Waals surface area contributed by atoms with Crippen LogP contribution in [0, 0.1) is 0 Å². The number of guanidine groups is 1. The lowest BCUT2D eigenvalue weighted by Crippen LogP contribution is -2.42. The molecule has 2 atom stereocenters. The highest BCUT2D eigenvalue weighted by atomic mass is 16.5. The maximum Gasteiger partial charge on any atom is 0.191 e. The van der Waals surface area contributed by atoms with Crippen molar-refractivity contribution in [3.8, 4) is 11.5 Å². The van der Waals surface area contributed by atoms with Gasteiger partial charge in [0, 0.05) is 6.54 Å². The number of nitrogens with one attached hydrogen (secondary N) is 2. The molecule has 2 rings (SSSR count). The lowest BCUT2D eigenvalue weighted by molar-refractivity contribution is 0.213. The number of furan rings is 1. The Labute approximate surface area is 167 Å². The van der Waals surface area contributed by atoms with Gasteiger partial charge in [0.25, 0.3) is 0 Å². The van der Waals surface area contributed by atoms with Crippen LogP contribution in [-0.4, -0.2) is 57.8 Å². The summed E-state index contributed by atoms with van der Waals surface area (Å²) in [6.45, 7) is 6.02. The van der Waals surface area contributed by atoms with E-state index in [2.05, 4.69) is 15.5 Å². The Morgan fingerprint density at radius 3 is 2.50 bits per heavy atom. The van der Waals surface area contributed by atoms with E-state index in [-0.39, 0.29) is 12.1 Å². The molecule has 7 nitrogen and oxygen atoms in total. The number of hydrogen-bond donors (Lipinski definition) is 2. The number of likely N-dealkylation sites (N-methyl/N-ethyl adjacent to an activating group) is 1. The van der Waals surface area contributed by atoms with Crippen LogP contribution in [0.5, 0.6) is 11.5 Å². The van der Waals surface area contributed by atoms with E-state index in [4.69, 9.17) is 18.9 Å². The third kappa shape index (κ3) is 6.49. The second kappa shape index (κ2) is 11.2. The quantitative estimate of drug-likeness (QED) is 0.482. The second-order valence-electron chi connectivity index (χ2n) is 6.67. The van der Waals surface area contributed by atoms with Gasteiger partial charge in [-0.1, -0.05) is 12.1 Å². The van der Waals surface area contributed by atoms with Crippen LogP contribution in [0.3, 0.4) is 0 Å². The Bertz CT molecular complexity index is 716. The number of methoxy groups -OCH3 is 1. The SMILES string of the molecule is CCNC(=NCC(c1ccco1)N(C)C)NCC(C)Oc1ccccc1OC. The standard InChI is InChI=1S/C21H32N4O3/c1-6-22-21(24-15-17(25(3)4)18-12-9-13-27-18)23-14-16(2)28-20-11-8-7-10-19(20)26-5/h7-13,16-17H,6,14-15H2,1-5H3,(H2,22,23,24). The smallest absolute Gasteiger partial charge is 0.191 e. The molecule has 2 N–H and O–H groups in total. The number of hydrogen-bond acceptors (Lipinski definition) is 5. The van der Waals surface area contributed by atoms with Crippen molar-refractivity contribution < 1.29 is 13.9 Å². The van der Waals surface area contributed by atoms with E-state index in [1.165, 1.54) is 0 Å². The Hall–Kier alpha value is -2.67. The zero-order valence-corrected chi connectivity index (χ0v) is 17.4. The molecule has 2 unspecified atom stereocenters. The normalized spacial score (nSPS) is 13.9. The van der Waals surface area contributed by atoms with E-state index < -0.39 is 0 Å². The van der Waals surface area contributed by atoms with Crippen LogP contribution in [0.4, 0.5) is 0 Å². The van der Waals surface area contributed by atoms with Crippen molar-refractivity contribution in [3.05, 3.63) is 48.4 Å². The summed E-state index contributed by atoms with van der Waals surface area (Å²) >= 11 is 0. The zero-order chi connectivity index (χ0) is 20.4. The molecule has 1 aromatic carbocycles. The minimum atomic E-state index is -0.0603. The summed E-state index contributed by atoms with van der Waals surface area (Å²) in [6, 6.07) is 11.6. The fraction of sp³-hybridized carbons (Fsp3) is 0.476. The van der Waals surface area contributed by atoms with Gasteiger partial charge < -0.3 is 24.5 Å². The van der Waals surface area contributed by atoms with E-state index >= 15 is 0 Å².